The number of thioether (sulfide) groups is 1. The van der Waals surface area contributed by atoms with Crippen molar-refractivity contribution in [1.82, 2.24) is 0 Å². The lowest BCUT2D eigenvalue weighted by atomic mass is 10.1. The number of carbonyl (C=O) groups excluding carboxylic acids is 3. The summed E-state index contributed by atoms with van der Waals surface area (Å²) >= 11 is 3.08. The fourth-order valence-corrected chi connectivity index (χ4v) is 3.69. The van der Waals surface area contributed by atoms with Crippen molar-refractivity contribution >= 4 is 46.4 Å². The standard InChI is InChI=1S/C18H19NO4S2/c1-12(20)15-7-3-4-8-16(15)19-18(22)13(2)23-17(21)11-24-10-14-6-5-9-25-14/h3-9,13H,10-11H2,1-2H3,(H,19,22)/t13-/m1/s1. The first kappa shape index (κ1) is 19.2. The van der Waals surface area contributed by atoms with E-state index in [2.05, 4.69) is 5.32 Å². The molecule has 0 unspecified atom stereocenters. The van der Waals surface area contributed by atoms with E-state index in [9.17, 15) is 14.4 Å². The van der Waals surface area contributed by atoms with Crippen molar-refractivity contribution in [3.63, 3.8) is 0 Å². The Balaban J connectivity index is 1.81. The van der Waals surface area contributed by atoms with Gasteiger partial charge in [-0.05, 0) is 37.4 Å². The summed E-state index contributed by atoms with van der Waals surface area (Å²) in [4.78, 5) is 36.8. The van der Waals surface area contributed by atoms with Crippen molar-refractivity contribution in [2.24, 2.45) is 0 Å². The van der Waals surface area contributed by atoms with Gasteiger partial charge in [-0.3, -0.25) is 14.4 Å². The van der Waals surface area contributed by atoms with E-state index in [-0.39, 0.29) is 11.5 Å². The molecule has 0 aliphatic carbocycles. The van der Waals surface area contributed by atoms with Gasteiger partial charge in [-0.15, -0.1) is 23.1 Å². The van der Waals surface area contributed by atoms with E-state index < -0.39 is 18.0 Å². The van der Waals surface area contributed by atoms with Crippen LogP contribution >= 0.6 is 23.1 Å². The zero-order chi connectivity index (χ0) is 18.2. The Morgan fingerprint density at radius 2 is 1.96 bits per heavy atom. The summed E-state index contributed by atoms with van der Waals surface area (Å²) < 4.78 is 5.15. The van der Waals surface area contributed by atoms with Crippen molar-refractivity contribution in [3.8, 4) is 0 Å². The highest BCUT2D eigenvalue weighted by atomic mass is 32.2. The molecule has 5 nitrogen and oxygen atoms in total. The van der Waals surface area contributed by atoms with E-state index in [1.807, 2.05) is 17.5 Å². The smallest absolute Gasteiger partial charge is 0.316 e. The minimum absolute atomic E-state index is 0.148. The van der Waals surface area contributed by atoms with Crippen LogP contribution in [0.4, 0.5) is 5.69 Å². The molecular formula is C18H19NO4S2. The molecule has 0 fully saturated rings. The molecule has 1 heterocycles. The predicted molar refractivity (Wildman–Crippen MR) is 101 cm³/mol. The minimum Gasteiger partial charge on any atom is -0.452 e. The maximum Gasteiger partial charge on any atom is 0.316 e. The molecule has 1 atom stereocenters. The van der Waals surface area contributed by atoms with Gasteiger partial charge in [0.25, 0.3) is 5.91 Å². The molecule has 0 aliphatic rings. The number of para-hydroxylation sites is 1. The van der Waals surface area contributed by atoms with Crippen LogP contribution in [0, 0.1) is 0 Å². The van der Waals surface area contributed by atoms with Gasteiger partial charge in [-0.1, -0.05) is 18.2 Å². The highest BCUT2D eigenvalue weighted by Crippen LogP contribution is 2.18. The molecule has 132 valence electrons. The van der Waals surface area contributed by atoms with Gasteiger partial charge in [-0.2, -0.15) is 0 Å². The predicted octanol–water partition coefficient (Wildman–Crippen LogP) is 3.75. The summed E-state index contributed by atoms with van der Waals surface area (Å²) in [6, 6.07) is 10.7. The molecule has 1 N–H and O–H groups in total. The molecule has 2 rings (SSSR count). The van der Waals surface area contributed by atoms with E-state index in [1.54, 1.807) is 35.6 Å². The normalized spacial score (nSPS) is 11.6. The Morgan fingerprint density at radius 1 is 1.20 bits per heavy atom. The summed E-state index contributed by atoms with van der Waals surface area (Å²) in [5, 5.41) is 4.62. The number of thiophene rings is 1. The second kappa shape index (κ2) is 9.39. The number of anilines is 1. The van der Waals surface area contributed by atoms with E-state index in [4.69, 9.17) is 4.74 Å². The lowest BCUT2D eigenvalue weighted by molar-refractivity contribution is -0.150. The van der Waals surface area contributed by atoms with Crippen LogP contribution in [0.5, 0.6) is 0 Å². The van der Waals surface area contributed by atoms with Crippen molar-refractivity contribution in [3.05, 3.63) is 52.2 Å². The van der Waals surface area contributed by atoms with Gasteiger partial charge in [0, 0.05) is 16.2 Å². The molecule has 1 aromatic carbocycles. The van der Waals surface area contributed by atoms with Crippen molar-refractivity contribution in [2.75, 3.05) is 11.1 Å². The number of benzene rings is 1. The van der Waals surface area contributed by atoms with Gasteiger partial charge in [0.1, 0.15) is 0 Å². The summed E-state index contributed by atoms with van der Waals surface area (Å²) in [6.07, 6.45) is -0.935. The van der Waals surface area contributed by atoms with Crippen LogP contribution in [0.25, 0.3) is 0 Å². The van der Waals surface area contributed by atoms with Gasteiger partial charge < -0.3 is 10.1 Å². The molecule has 1 aromatic heterocycles. The topological polar surface area (TPSA) is 72.5 Å². The molecule has 1 amide bonds. The van der Waals surface area contributed by atoms with Crippen LogP contribution in [0.3, 0.4) is 0 Å². The average molecular weight is 377 g/mol. The SMILES string of the molecule is CC(=O)c1ccccc1NC(=O)[C@@H](C)OC(=O)CSCc1cccs1. The first-order chi connectivity index (χ1) is 12.0. The Bertz CT molecular complexity index is 743. The molecule has 0 saturated carbocycles. The molecule has 0 aliphatic heterocycles. The second-order valence-corrected chi connectivity index (χ2v) is 7.31. The number of esters is 1. The largest absolute Gasteiger partial charge is 0.452 e. The maximum atomic E-state index is 12.2. The Kier molecular flexibility index (Phi) is 7.21. The number of amides is 1. The van der Waals surface area contributed by atoms with Gasteiger partial charge >= 0.3 is 5.97 Å². The van der Waals surface area contributed by atoms with E-state index in [0.29, 0.717) is 11.3 Å². The number of carbonyl (C=O) groups is 3. The third-order valence-electron chi connectivity index (χ3n) is 3.29. The molecule has 25 heavy (non-hydrogen) atoms. The first-order valence-electron chi connectivity index (χ1n) is 7.68. The number of ketones is 1. The van der Waals surface area contributed by atoms with Crippen LogP contribution in [-0.4, -0.2) is 29.5 Å². The molecular weight excluding hydrogens is 358 g/mol. The van der Waals surface area contributed by atoms with Crippen LogP contribution in [0.2, 0.25) is 0 Å². The average Bonchev–Trinajstić information content (AvgIpc) is 3.08. The third-order valence-corrected chi connectivity index (χ3v) is 5.30. The fourth-order valence-electron chi connectivity index (χ4n) is 2.05. The van der Waals surface area contributed by atoms with Gasteiger partial charge in [0.05, 0.1) is 11.4 Å². The lowest BCUT2D eigenvalue weighted by Crippen LogP contribution is -2.31. The Labute approximate surface area is 154 Å². The van der Waals surface area contributed by atoms with E-state index in [0.717, 1.165) is 5.75 Å². The lowest BCUT2D eigenvalue weighted by Gasteiger charge is -2.14. The van der Waals surface area contributed by atoms with Gasteiger partial charge in [0.2, 0.25) is 0 Å². The molecule has 2 aromatic rings. The molecule has 7 heteroatoms. The quantitative estimate of drug-likeness (QED) is 0.560. The molecule has 0 bridgehead atoms. The van der Waals surface area contributed by atoms with E-state index >= 15 is 0 Å². The van der Waals surface area contributed by atoms with Crippen molar-refractivity contribution in [2.45, 2.75) is 25.7 Å². The number of hydrogen-bond acceptors (Lipinski definition) is 6. The first-order valence-corrected chi connectivity index (χ1v) is 9.71. The van der Waals surface area contributed by atoms with Crippen LogP contribution in [0.15, 0.2) is 41.8 Å². The number of nitrogens with one attached hydrogen (secondary N) is 1. The van der Waals surface area contributed by atoms with Crippen LogP contribution in [0.1, 0.15) is 29.1 Å². The van der Waals surface area contributed by atoms with Crippen molar-refractivity contribution in [1.29, 1.82) is 0 Å². The fraction of sp³-hybridized carbons (Fsp3) is 0.278. The van der Waals surface area contributed by atoms with Gasteiger partial charge in [-0.25, -0.2) is 0 Å². The number of Topliss-reactive ketones (excluding diaryl/α,β-unsaturated/α-hetero) is 1. The molecule has 0 spiro atoms. The summed E-state index contributed by atoms with van der Waals surface area (Å²) in [5.41, 5.74) is 0.829. The molecule has 0 saturated heterocycles. The molecule has 0 radical (unpaired) electrons. The zero-order valence-corrected chi connectivity index (χ0v) is 15.6. The van der Waals surface area contributed by atoms with Crippen molar-refractivity contribution < 1.29 is 19.1 Å². The zero-order valence-electron chi connectivity index (χ0n) is 14.0. The summed E-state index contributed by atoms with van der Waals surface area (Å²) in [6.45, 7) is 2.94. The second-order valence-electron chi connectivity index (χ2n) is 5.30. The Hall–Kier alpha value is -2.12. The third kappa shape index (κ3) is 6.03. The number of rotatable bonds is 8. The van der Waals surface area contributed by atoms with E-state index in [1.165, 1.54) is 30.5 Å². The number of ether oxygens (including phenoxy) is 1. The minimum atomic E-state index is -0.935. The Morgan fingerprint density at radius 3 is 2.64 bits per heavy atom. The number of hydrogen-bond donors (Lipinski definition) is 1. The maximum absolute atomic E-state index is 12.2. The monoisotopic (exact) mass is 377 g/mol. The summed E-state index contributed by atoms with van der Waals surface area (Å²) in [5.74, 6) is -0.140. The summed E-state index contributed by atoms with van der Waals surface area (Å²) in [7, 11) is 0. The van der Waals surface area contributed by atoms with Crippen LogP contribution in [-0.2, 0) is 20.1 Å². The highest BCUT2D eigenvalue weighted by Gasteiger charge is 2.19. The highest BCUT2D eigenvalue weighted by molar-refractivity contribution is 7.99. The van der Waals surface area contributed by atoms with Crippen LogP contribution < -0.4 is 5.32 Å². The van der Waals surface area contributed by atoms with Gasteiger partial charge in [0.15, 0.2) is 11.9 Å².